The van der Waals surface area contributed by atoms with Crippen LogP contribution in [0.5, 0.6) is 0 Å². The summed E-state index contributed by atoms with van der Waals surface area (Å²) in [5.41, 5.74) is 8.94. The van der Waals surface area contributed by atoms with Gasteiger partial charge in [-0.2, -0.15) is 0 Å². The van der Waals surface area contributed by atoms with E-state index in [1.165, 1.54) is 6.20 Å². The van der Waals surface area contributed by atoms with Crippen LogP contribution >= 0.6 is 0 Å². The van der Waals surface area contributed by atoms with Crippen molar-refractivity contribution in [1.82, 2.24) is 10.3 Å². The van der Waals surface area contributed by atoms with Gasteiger partial charge in [0.05, 0.1) is 11.3 Å². The molecule has 3 rings (SSSR count). The average Bonchev–Trinajstić information content (AvgIpc) is 2.74. The first-order chi connectivity index (χ1) is 14.9. The highest BCUT2D eigenvalue weighted by Crippen LogP contribution is 2.23. The summed E-state index contributed by atoms with van der Waals surface area (Å²) in [4.78, 5) is 27.9. The number of carbonyl (C=O) groups excluding carboxylic acids is 2. The number of rotatable bonds is 8. The number of benzene rings is 2. The van der Waals surface area contributed by atoms with Crippen LogP contribution in [-0.2, 0) is 6.54 Å². The maximum atomic E-state index is 11.8. The molecular weight excluding hydrogens is 392 g/mol. The number of nitrogens with two attached hydrogens (primary N) is 1. The summed E-state index contributed by atoms with van der Waals surface area (Å²) in [6.45, 7) is 4.33. The van der Waals surface area contributed by atoms with Crippen LogP contribution in [0, 0.1) is 0 Å². The Morgan fingerprint density at radius 1 is 1.00 bits per heavy atom. The molecule has 0 spiro atoms. The van der Waals surface area contributed by atoms with Crippen molar-refractivity contribution in [3.8, 4) is 0 Å². The van der Waals surface area contributed by atoms with E-state index in [2.05, 4.69) is 26.3 Å². The van der Waals surface area contributed by atoms with Gasteiger partial charge in [-0.25, -0.2) is 9.78 Å². The number of amides is 3. The normalized spacial score (nSPS) is 10.4. The Kier molecular flexibility index (Phi) is 7.05. The van der Waals surface area contributed by atoms with E-state index in [1.807, 2.05) is 56.3 Å². The lowest BCUT2D eigenvalue weighted by Gasteiger charge is -2.13. The summed E-state index contributed by atoms with van der Waals surface area (Å²) in [6.07, 6.45) is 1.45. The highest BCUT2D eigenvalue weighted by Gasteiger charge is 2.11. The van der Waals surface area contributed by atoms with Crippen LogP contribution in [0.4, 0.5) is 27.7 Å². The summed E-state index contributed by atoms with van der Waals surface area (Å²) in [7, 11) is 0. The molecule has 0 bridgehead atoms. The lowest BCUT2D eigenvalue weighted by atomic mass is 10.2. The van der Waals surface area contributed by atoms with E-state index in [9.17, 15) is 9.59 Å². The molecule has 8 nitrogen and oxygen atoms in total. The van der Waals surface area contributed by atoms with Gasteiger partial charge in [-0.05, 0) is 43.7 Å². The third-order valence-corrected chi connectivity index (χ3v) is 4.33. The molecular formula is C23H26N6O2. The van der Waals surface area contributed by atoms with E-state index in [0.29, 0.717) is 29.3 Å². The predicted octanol–water partition coefficient (Wildman–Crippen LogP) is 4.07. The van der Waals surface area contributed by atoms with Gasteiger partial charge < -0.3 is 27.0 Å². The van der Waals surface area contributed by atoms with Crippen LogP contribution < -0.4 is 27.0 Å². The van der Waals surface area contributed by atoms with Gasteiger partial charge in [0, 0.05) is 36.2 Å². The van der Waals surface area contributed by atoms with Gasteiger partial charge in [0.2, 0.25) is 0 Å². The van der Waals surface area contributed by atoms with Crippen molar-refractivity contribution in [3.63, 3.8) is 0 Å². The van der Waals surface area contributed by atoms with E-state index >= 15 is 0 Å². The molecule has 31 heavy (non-hydrogen) atoms. The molecule has 3 amide bonds. The van der Waals surface area contributed by atoms with Gasteiger partial charge in [0.25, 0.3) is 5.91 Å². The molecule has 1 aromatic heterocycles. The molecule has 1 heterocycles. The minimum absolute atomic E-state index is 0.0556. The van der Waals surface area contributed by atoms with Gasteiger partial charge in [-0.15, -0.1) is 0 Å². The molecule has 0 unspecified atom stereocenters. The van der Waals surface area contributed by atoms with Crippen LogP contribution in [0.1, 0.15) is 29.8 Å². The summed E-state index contributed by atoms with van der Waals surface area (Å²) in [5, 5.41) is 12.0. The van der Waals surface area contributed by atoms with Gasteiger partial charge >= 0.3 is 6.03 Å². The van der Waals surface area contributed by atoms with Crippen molar-refractivity contribution in [2.75, 3.05) is 16.0 Å². The van der Waals surface area contributed by atoms with Gasteiger partial charge in [0.1, 0.15) is 5.82 Å². The first-order valence-corrected chi connectivity index (χ1v) is 9.93. The maximum absolute atomic E-state index is 11.8. The lowest BCUT2D eigenvalue weighted by molar-refractivity contribution is 0.100. The predicted molar refractivity (Wildman–Crippen MR) is 124 cm³/mol. The Labute approximate surface area is 181 Å². The Morgan fingerprint density at radius 2 is 1.68 bits per heavy atom. The summed E-state index contributed by atoms with van der Waals surface area (Å²) in [5.74, 6) is 0.00327. The third-order valence-electron chi connectivity index (χ3n) is 4.33. The van der Waals surface area contributed by atoms with E-state index in [-0.39, 0.29) is 12.1 Å². The third kappa shape index (κ3) is 6.46. The van der Waals surface area contributed by atoms with Crippen LogP contribution in [0.15, 0.2) is 66.9 Å². The first-order valence-electron chi connectivity index (χ1n) is 9.93. The van der Waals surface area contributed by atoms with Crippen LogP contribution in [0.3, 0.4) is 0 Å². The average molecular weight is 419 g/mol. The maximum Gasteiger partial charge on any atom is 0.319 e. The Morgan fingerprint density at radius 3 is 2.32 bits per heavy atom. The highest BCUT2D eigenvalue weighted by molar-refractivity contribution is 5.98. The number of anilines is 4. The van der Waals surface area contributed by atoms with Crippen LogP contribution in [0.25, 0.3) is 0 Å². The molecule has 0 saturated heterocycles. The van der Waals surface area contributed by atoms with Gasteiger partial charge in [0.15, 0.2) is 0 Å². The zero-order chi connectivity index (χ0) is 22.2. The van der Waals surface area contributed by atoms with E-state index in [4.69, 9.17) is 5.73 Å². The number of primary amides is 1. The number of pyridine rings is 1. The molecule has 2 aromatic carbocycles. The standard InChI is InChI=1S/C23H26N6O2/c1-15(2)27-23(31)29-18-10-8-17(9-11-18)28-21-12-20(19(14-26-21)22(24)30)25-13-16-6-4-3-5-7-16/h3-12,14-15H,13H2,1-2H3,(H2,24,30)(H2,25,26,28)(H2,27,29,31). The second kappa shape index (κ2) is 10.1. The quantitative estimate of drug-likeness (QED) is 0.378. The first kappa shape index (κ1) is 21.6. The Bertz CT molecular complexity index is 1040. The molecule has 0 fully saturated rings. The summed E-state index contributed by atoms with van der Waals surface area (Å²) < 4.78 is 0. The van der Waals surface area contributed by atoms with Crippen molar-refractivity contribution in [2.45, 2.75) is 26.4 Å². The Hall–Kier alpha value is -4.07. The van der Waals surface area contributed by atoms with Gasteiger partial charge in [-0.1, -0.05) is 30.3 Å². The fraction of sp³-hybridized carbons (Fsp3) is 0.174. The van der Waals surface area contributed by atoms with Crippen molar-refractivity contribution >= 4 is 34.8 Å². The van der Waals surface area contributed by atoms with Crippen molar-refractivity contribution in [2.24, 2.45) is 5.73 Å². The fourth-order valence-corrected chi connectivity index (χ4v) is 2.87. The smallest absolute Gasteiger partial charge is 0.319 e. The molecule has 6 N–H and O–H groups in total. The number of nitrogens with zero attached hydrogens (tertiary/aromatic N) is 1. The minimum Gasteiger partial charge on any atom is -0.380 e. The molecule has 3 aromatic rings. The monoisotopic (exact) mass is 418 g/mol. The number of aromatic nitrogens is 1. The number of hydrogen-bond acceptors (Lipinski definition) is 5. The minimum atomic E-state index is -0.551. The van der Waals surface area contributed by atoms with E-state index < -0.39 is 5.91 Å². The topological polar surface area (TPSA) is 121 Å². The summed E-state index contributed by atoms with van der Waals surface area (Å²) in [6, 6.07) is 18.6. The molecule has 0 radical (unpaired) electrons. The van der Waals surface area contributed by atoms with Crippen LogP contribution in [-0.4, -0.2) is 23.0 Å². The molecule has 0 aliphatic rings. The Balaban J connectivity index is 1.69. The number of carbonyl (C=O) groups is 2. The van der Waals surface area contributed by atoms with E-state index in [0.717, 1.165) is 11.3 Å². The SMILES string of the molecule is CC(C)NC(=O)Nc1ccc(Nc2cc(NCc3ccccc3)c(C(N)=O)cn2)cc1. The number of nitrogens with one attached hydrogen (secondary N) is 4. The summed E-state index contributed by atoms with van der Waals surface area (Å²) >= 11 is 0. The highest BCUT2D eigenvalue weighted by atomic mass is 16.2. The second-order valence-electron chi connectivity index (χ2n) is 7.27. The fourth-order valence-electron chi connectivity index (χ4n) is 2.87. The van der Waals surface area contributed by atoms with Crippen molar-refractivity contribution in [1.29, 1.82) is 0 Å². The molecule has 0 aliphatic heterocycles. The molecule has 160 valence electrons. The molecule has 8 heteroatoms. The van der Waals surface area contributed by atoms with Crippen molar-refractivity contribution in [3.05, 3.63) is 78.0 Å². The molecule has 0 atom stereocenters. The van der Waals surface area contributed by atoms with Crippen LogP contribution in [0.2, 0.25) is 0 Å². The van der Waals surface area contributed by atoms with E-state index in [1.54, 1.807) is 18.2 Å². The largest absolute Gasteiger partial charge is 0.380 e. The molecule has 0 saturated carbocycles. The zero-order valence-electron chi connectivity index (χ0n) is 17.5. The van der Waals surface area contributed by atoms with Crippen molar-refractivity contribution < 1.29 is 9.59 Å². The number of urea groups is 1. The molecule has 0 aliphatic carbocycles. The second-order valence-corrected chi connectivity index (χ2v) is 7.27. The van der Waals surface area contributed by atoms with Gasteiger partial charge in [-0.3, -0.25) is 4.79 Å². The zero-order valence-corrected chi connectivity index (χ0v) is 17.5. The number of hydrogen-bond donors (Lipinski definition) is 5. The lowest BCUT2D eigenvalue weighted by Crippen LogP contribution is -2.34.